The number of non-ortho nitro benzene ring substituents is 1. The van der Waals surface area contributed by atoms with E-state index < -0.39 is 10.9 Å². The summed E-state index contributed by atoms with van der Waals surface area (Å²) in [6.45, 7) is 3.57. The molecule has 1 amide bonds. The summed E-state index contributed by atoms with van der Waals surface area (Å²) in [5.41, 5.74) is 2.03. The number of carbonyl (C=O) groups is 2. The van der Waals surface area contributed by atoms with Gasteiger partial charge in [-0.2, -0.15) is 0 Å². The first-order valence-electron chi connectivity index (χ1n) is 9.12. The Morgan fingerprint density at radius 3 is 2.72 bits per heavy atom. The van der Waals surface area contributed by atoms with E-state index in [-0.39, 0.29) is 18.2 Å². The number of nitrogens with one attached hydrogen (secondary N) is 1. The molecule has 0 unspecified atom stereocenters. The van der Waals surface area contributed by atoms with Crippen LogP contribution in [0.25, 0.3) is 6.08 Å². The van der Waals surface area contributed by atoms with Gasteiger partial charge in [0.1, 0.15) is 5.00 Å². The molecule has 2 aromatic rings. The second-order valence-electron chi connectivity index (χ2n) is 6.59. The van der Waals surface area contributed by atoms with Crippen molar-refractivity contribution in [2.45, 2.75) is 19.9 Å². The Bertz CT molecular complexity index is 965. The van der Waals surface area contributed by atoms with Crippen LogP contribution in [0.1, 0.15) is 33.3 Å². The molecule has 1 aliphatic rings. The zero-order chi connectivity index (χ0) is 21.0. The Morgan fingerprint density at radius 2 is 2.07 bits per heavy atom. The molecule has 1 N–H and O–H groups in total. The predicted octanol–water partition coefficient (Wildman–Crippen LogP) is 3.47. The lowest BCUT2D eigenvalue weighted by atomic mass is 10.0. The summed E-state index contributed by atoms with van der Waals surface area (Å²) < 4.78 is 5.19. The normalized spacial score (nSPS) is 13.9. The molecule has 0 saturated heterocycles. The van der Waals surface area contributed by atoms with Gasteiger partial charge in [-0.15, -0.1) is 11.3 Å². The van der Waals surface area contributed by atoms with Gasteiger partial charge in [0.15, 0.2) is 0 Å². The maximum Gasteiger partial charge on any atom is 0.341 e. The van der Waals surface area contributed by atoms with Crippen molar-refractivity contribution in [3.05, 3.63) is 62.0 Å². The minimum atomic E-state index is -0.479. The van der Waals surface area contributed by atoms with Gasteiger partial charge in [0, 0.05) is 36.2 Å². The lowest BCUT2D eigenvalue weighted by Crippen LogP contribution is -2.26. The first-order valence-corrected chi connectivity index (χ1v) is 9.94. The molecule has 1 aromatic carbocycles. The number of hydrogen-bond donors (Lipinski definition) is 1. The number of fused-ring (bicyclic) bond motifs is 1. The summed E-state index contributed by atoms with van der Waals surface area (Å²) in [5, 5.41) is 14.0. The summed E-state index contributed by atoms with van der Waals surface area (Å²) in [4.78, 5) is 38.3. The van der Waals surface area contributed by atoms with Crippen LogP contribution in [0, 0.1) is 10.1 Å². The van der Waals surface area contributed by atoms with Crippen molar-refractivity contribution in [1.29, 1.82) is 0 Å². The molecular formula is C20H21N3O5S. The van der Waals surface area contributed by atoms with E-state index in [1.54, 1.807) is 25.1 Å². The van der Waals surface area contributed by atoms with Crippen molar-refractivity contribution in [1.82, 2.24) is 4.90 Å². The average Bonchev–Trinajstić information content (AvgIpc) is 3.03. The number of likely N-dealkylation sites (N-methyl/N-ethyl adjacent to an activating group) is 1. The lowest BCUT2D eigenvalue weighted by molar-refractivity contribution is -0.384. The summed E-state index contributed by atoms with van der Waals surface area (Å²) in [6, 6.07) is 5.87. The number of benzene rings is 1. The van der Waals surface area contributed by atoms with Gasteiger partial charge in [-0.3, -0.25) is 14.9 Å². The number of esters is 1. The van der Waals surface area contributed by atoms with Crippen LogP contribution in [-0.4, -0.2) is 41.9 Å². The number of hydrogen-bond acceptors (Lipinski definition) is 7. The number of thiophene rings is 1. The first kappa shape index (κ1) is 20.7. The second kappa shape index (κ2) is 8.97. The summed E-state index contributed by atoms with van der Waals surface area (Å²) in [5.74, 6) is -0.815. The van der Waals surface area contributed by atoms with Crippen molar-refractivity contribution >= 4 is 40.0 Å². The molecular weight excluding hydrogens is 394 g/mol. The van der Waals surface area contributed by atoms with E-state index in [9.17, 15) is 19.7 Å². The van der Waals surface area contributed by atoms with Crippen LogP contribution in [0.2, 0.25) is 0 Å². The quantitative estimate of drug-likeness (QED) is 0.335. The standard InChI is InChI=1S/C20H21N3O5S/c1-3-28-20(25)18-15-10-11-22(2)12-16(15)29-19(18)21-17(24)9-6-13-4-7-14(8-5-13)23(26)27/h4-9H,3,10-12H2,1-2H3,(H,21,24)/b9-6-. The van der Waals surface area contributed by atoms with E-state index in [1.165, 1.54) is 29.5 Å². The van der Waals surface area contributed by atoms with E-state index in [0.29, 0.717) is 16.1 Å². The molecule has 0 bridgehead atoms. The molecule has 1 aliphatic heterocycles. The molecule has 29 heavy (non-hydrogen) atoms. The zero-order valence-electron chi connectivity index (χ0n) is 16.1. The highest BCUT2D eigenvalue weighted by Gasteiger charge is 2.28. The summed E-state index contributed by atoms with van der Waals surface area (Å²) >= 11 is 1.39. The van der Waals surface area contributed by atoms with Crippen LogP contribution < -0.4 is 5.32 Å². The summed E-state index contributed by atoms with van der Waals surface area (Å²) in [6.07, 6.45) is 3.62. The molecule has 0 spiro atoms. The van der Waals surface area contributed by atoms with Crippen molar-refractivity contribution in [2.24, 2.45) is 0 Å². The number of rotatable bonds is 6. The molecule has 2 heterocycles. The Labute approximate surface area is 171 Å². The van der Waals surface area contributed by atoms with E-state index in [0.717, 1.165) is 30.0 Å². The topological polar surface area (TPSA) is 102 Å². The van der Waals surface area contributed by atoms with Crippen molar-refractivity contribution in [3.8, 4) is 0 Å². The van der Waals surface area contributed by atoms with Gasteiger partial charge in [0.25, 0.3) is 5.69 Å². The van der Waals surface area contributed by atoms with Crippen LogP contribution >= 0.6 is 11.3 Å². The molecule has 0 aliphatic carbocycles. The minimum absolute atomic E-state index is 0.0141. The number of anilines is 1. The fourth-order valence-corrected chi connectivity index (χ4v) is 4.39. The third-order valence-corrected chi connectivity index (χ3v) is 5.63. The Hall–Kier alpha value is -3.04. The van der Waals surface area contributed by atoms with E-state index >= 15 is 0 Å². The minimum Gasteiger partial charge on any atom is -0.462 e. The molecule has 152 valence electrons. The number of nitrogens with zero attached hydrogens (tertiary/aromatic N) is 2. The second-order valence-corrected chi connectivity index (χ2v) is 7.69. The van der Waals surface area contributed by atoms with Gasteiger partial charge in [-0.25, -0.2) is 4.79 Å². The van der Waals surface area contributed by atoms with Gasteiger partial charge in [0.2, 0.25) is 5.91 Å². The largest absolute Gasteiger partial charge is 0.462 e. The summed E-state index contributed by atoms with van der Waals surface area (Å²) in [7, 11) is 2.01. The number of amides is 1. The number of nitro benzene ring substituents is 1. The Balaban J connectivity index is 1.78. The monoisotopic (exact) mass is 415 g/mol. The average molecular weight is 415 g/mol. The van der Waals surface area contributed by atoms with Crippen molar-refractivity contribution in [2.75, 3.05) is 25.5 Å². The third kappa shape index (κ3) is 4.87. The van der Waals surface area contributed by atoms with E-state index in [2.05, 4.69) is 10.2 Å². The molecule has 1 aromatic heterocycles. The van der Waals surface area contributed by atoms with E-state index in [1.807, 2.05) is 7.05 Å². The van der Waals surface area contributed by atoms with Crippen molar-refractivity contribution in [3.63, 3.8) is 0 Å². The first-order chi connectivity index (χ1) is 13.9. The smallest absolute Gasteiger partial charge is 0.341 e. The zero-order valence-corrected chi connectivity index (χ0v) is 17.0. The highest BCUT2D eigenvalue weighted by molar-refractivity contribution is 7.17. The molecule has 9 heteroatoms. The Morgan fingerprint density at radius 1 is 1.34 bits per heavy atom. The fraction of sp³-hybridized carbons (Fsp3) is 0.300. The molecule has 0 fully saturated rings. The number of carbonyl (C=O) groups excluding carboxylic acids is 2. The van der Waals surface area contributed by atoms with E-state index in [4.69, 9.17) is 4.74 Å². The van der Waals surface area contributed by atoms with Crippen molar-refractivity contribution < 1.29 is 19.2 Å². The highest BCUT2D eigenvalue weighted by Crippen LogP contribution is 2.37. The van der Waals surface area contributed by atoms with Gasteiger partial charge in [-0.1, -0.05) is 0 Å². The van der Waals surface area contributed by atoms with Crippen LogP contribution in [0.3, 0.4) is 0 Å². The predicted molar refractivity (Wildman–Crippen MR) is 111 cm³/mol. The Kier molecular flexibility index (Phi) is 6.40. The van der Waals surface area contributed by atoms with Gasteiger partial charge in [-0.05, 0) is 49.7 Å². The third-order valence-electron chi connectivity index (χ3n) is 4.50. The molecule has 8 nitrogen and oxygen atoms in total. The number of ether oxygens (including phenoxy) is 1. The molecule has 0 radical (unpaired) electrons. The fourth-order valence-electron chi connectivity index (χ4n) is 3.07. The lowest BCUT2D eigenvalue weighted by Gasteiger charge is -2.22. The molecule has 0 atom stereocenters. The highest BCUT2D eigenvalue weighted by atomic mass is 32.1. The maximum atomic E-state index is 12.5. The van der Waals surface area contributed by atoms with Crippen LogP contribution in [0.15, 0.2) is 30.3 Å². The van der Waals surface area contributed by atoms with Gasteiger partial charge < -0.3 is 15.0 Å². The van der Waals surface area contributed by atoms with Crippen LogP contribution in [0.4, 0.5) is 10.7 Å². The SMILES string of the molecule is CCOC(=O)c1c(NC(=O)/C=C\c2ccc([N+](=O)[O-])cc2)sc2c1CCN(C)C2. The van der Waals surface area contributed by atoms with Crippen LogP contribution in [-0.2, 0) is 22.5 Å². The maximum absolute atomic E-state index is 12.5. The van der Waals surface area contributed by atoms with Gasteiger partial charge in [0.05, 0.1) is 17.1 Å². The van der Waals surface area contributed by atoms with Crippen LogP contribution in [0.5, 0.6) is 0 Å². The molecule has 0 saturated carbocycles. The number of nitro groups is 1. The molecule has 3 rings (SSSR count). The van der Waals surface area contributed by atoms with Gasteiger partial charge >= 0.3 is 5.97 Å².